The molecule has 0 unspecified atom stereocenters. The van der Waals surface area contributed by atoms with E-state index in [1.807, 2.05) is 13.0 Å². The van der Waals surface area contributed by atoms with Crippen LogP contribution < -0.4 is 15.6 Å². The molecule has 0 atom stereocenters. The van der Waals surface area contributed by atoms with E-state index in [2.05, 4.69) is 26.8 Å². The Bertz CT molecular complexity index is 765. The lowest BCUT2D eigenvalue weighted by Crippen LogP contribution is -2.42. The minimum absolute atomic E-state index is 0.268. The fourth-order valence-corrected chi connectivity index (χ4v) is 2.62. The summed E-state index contributed by atoms with van der Waals surface area (Å²) < 4.78 is 5.98. The summed E-state index contributed by atoms with van der Waals surface area (Å²) in [5.41, 5.74) is 6.27. The number of carbonyl (C=O) groups is 2. The maximum absolute atomic E-state index is 12.2. The van der Waals surface area contributed by atoms with Crippen LogP contribution in [0.2, 0.25) is 5.02 Å². The number of carbonyl (C=O) groups excluding carboxylic acids is 2. The molecule has 0 heterocycles. The molecule has 2 N–H and O–H groups in total. The molecule has 2 aromatic rings. The smallest absolute Gasteiger partial charge is 0.273 e. The summed E-state index contributed by atoms with van der Waals surface area (Å²) in [6.45, 7) is 1.81. The van der Waals surface area contributed by atoms with Gasteiger partial charge in [0.15, 0.2) is 0 Å². The van der Waals surface area contributed by atoms with Crippen LogP contribution in [0.3, 0.4) is 0 Å². The molecule has 0 aliphatic carbocycles. The fraction of sp³-hybridized carbons (Fsp3) is 0.125. The van der Waals surface area contributed by atoms with Crippen molar-refractivity contribution in [3.05, 3.63) is 62.6 Å². The average molecular weight is 398 g/mol. The van der Waals surface area contributed by atoms with E-state index >= 15 is 0 Å². The maximum Gasteiger partial charge on any atom is 0.273 e. The van der Waals surface area contributed by atoms with Crippen molar-refractivity contribution in [2.45, 2.75) is 6.92 Å². The number of benzene rings is 2. The Morgan fingerprint density at radius 3 is 2.26 bits per heavy atom. The van der Waals surface area contributed by atoms with Crippen LogP contribution in [0.5, 0.6) is 5.75 Å². The summed E-state index contributed by atoms with van der Waals surface area (Å²) in [4.78, 5) is 24.3. The molecule has 0 fully saturated rings. The second kappa shape index (κ2) is 7.48. The van der Waals surface area contributed by atoms with Crippen LogP contribution >= 0.6 is 27.5 Å². The van der Waals surface area contributed by atoms with Gasteiger partial charge in [0.2, 0.25) is 0 Å². The largest absolute Gasteiger partial charge is 0.496 e. The van der Waals surface area contributed by atoms with Crippen LogP contribution in [-0.4, -0.2) is 18.9 Å². The van der Waals surface area contributed by atoms with Crippen LogP contribution in [0.15, 0.2) is 40.9 Å². The first-order valence-electron chi connectivity index (χ1n) is 6.62. The number of halogens is 2. The van der Waals surface area contributed by atoms with Gasteiger partial charge in [0.1, 0.15) is 5.75 Å². The summed E-state index contributed by atoms with van der Waals surface area (Å²) in [7, 11) is 1.44. The molecule has 2 rings (SSSR count). The molecule has 0 bridgehead atoms. The third-order valence-electron chi connectivity index (χ3n) is 3.13. The summed E-state index contributed by atoms with van der Waals surface area (Å²) in [5, 5.41) is 0.452. The Morgan fingerprint density at radius 1 is 1.04 bits per heavy atom. The molecule has 2 amide bonds. The zero-order valence-corrected chi connectivity index (χ0v) is 14.8. The van der Waals surface area contributed by atoms with Crippen LogP contribution in [0.4, 0.5) is 0 Å². The van der Waals surface area contributed by atoms with Crippen molar-refractivity contribution in [3.8, 4) is 5.75 Å². The van der Waals surface area contributed by atoms with Crippen molar-refractivity contribution in [3.63, 3.8) is 0 Å². The van der Waals surface area contributed by atoms with Crippen molar-refractivity contribution >= 4 is 39.3 Å². The van der Waals surface area contributed by atoms with Gasteiger partial charge in [-0.2, -0.15) is 0 Å². The van der Waals surface area contributed by atoms with Crippen LogP contribution in [0, 0.1) is 6.92 Å². The van der Waals surface area contributed by atoms with Gasteiger partial charge >= 0.3 is 0 Å². The van der Waals surface area contributed by atoms with Crippen LogP contribution in [0.1, 0.15) is 26.3 Å². The molecule has 0 aromatic heterocycles. The van der Waals surface area contributed by atoms with E-state index < -0.39 is 11.8 Å². The summed E-state index contributed by atoms with van der Waals surface area (Å²) in [6, 6.07) is 9.86. The highest BCUT2D eigenvalue weighted by Crippen LogP contribution is 2.22. The second-order valence-corrected chi connectivity index (χ2v) is 6.06. The predicted octanol–water partition coefficient (Wildman–Crippen LogP) is 3.49. The Kier molecular flexibility index (Phi) is 5.63. The van der Waals surface area contributed by atoms with Gasteiger partial charge in [0.25, 0.3) is 11.8 Å². The molecule has 2 aromatic carbocycles. The highest BCUT2D eigenvalue weighted by molar-refractivity contribution is 9.10. The minimum Gasteiger partial charge on any atom is -0.496 e. The number of methoxy groups -OCH3 is 1. The van der Waals surface area contributed by atoms with E-state index in [0.29, 0.717) is 16.3 Å². The molecule has 0 saturated carbocycles. The minimum atomic E-state index is -0.498. The van der Waals surface area contributed by atoms with Gasteiger partial charge in [0, 0.05) is 15.1 Å². The number of hydrogen-bond donors (Lipinski definition) is 2. The number of aryl methyl sites for hydroxylation is 1. The van der Waals surface area contributed by atoms with E-state index in [0.717, 1.165) is 10.0 Å². The predicted molar refractivity (Wildman–Crippen MR) is 91.8 cm³/mol. The molecular weight excluding hydrogens is 384 g/mol. The Morgan fingerprint density at radius 2 is 1.65 bits per heavy atom. The second-order valence-electron chi connectivity index (χ2n) is 4.71. The molecule has 0 aliphatic rings. The molecule has 23 heavy (non-hydrogen) atoms. The van der Waals surface area contributed by atoms with E-state index in [4.69, 9.17) is 16.3 Å². The molecular formula is C16H14BrClN2O3. The fourth-order valence-electron chi connectivity index (χ4n) is 1.98. The van der Waals surface area contributed by atoms with Crippen molar-refractivity contribution < 1.29 is 14.3 Å². The number of hydrazine groups is 1. The van der Waals surface area contributed by atoms with E-state index in [-0.39, 0.29) is 5.56 Å². The highest BCUT2D eigenvalue weighted by Gasteiger charge is 2.15. The lowest BCUT2D eigenvalue weighted by molar-refractivity contribution is 0.0844. The van der Waals surface area contributed by atoms with Crippen molar-refractivity contribution in [1.82, 2.24) is 10.9 Å². The maximum atomic E-state index is 12.2. The number of hydrogen-bond acceptors (Lipinski definition) is 3. The average Bonchev–Trinajstić information content (AvgIpc) is 2.52. The van der Waals surface area contributed by atoms with Gasteiger partial charge in [-0.1, -0.05) is 27.5 Å². The van der Waals surface area contributed by atoms with Gasteiger partial charge in [-0.05, 0) is 48.9 Å². The molecule has 120 valence electrons. The summed E-state index contributed by atoms with van der Waals surface area (Å²) in [5.74, 6) is -0.581. The summed E-state index contributed by atoms with van der Waals surface area (Å²) >= 11 is 9.19. The number of nitrogens with one attached hydrogen (secondary N) is 2. The monoisotopic (exact) mass is 396 g/mol. The molecule has 7 heteroatoms. The van der Waals surface area contributed by atoms with Gasteiger partial charge < -0.3 is 4.74 Å². The Labute approximate surface area is 147 Å². The summed E-state index contributed by atoms with van der Waals surface area (Å²) in [6.07, 6.45) is 0. The quantitative estimate of drug-likeness (QED) is 0.779. The normalized spacial score (nSPS) is 10.1. The van der Waals surface area contributed by atoms with Gasteiger partial charge in [0.05, 0.1) is 12.7 Å². The van der Waals surface area contributed by atoms with Crippen molar-refractivity contribution in [2.75, 3.05) is 7.11 Å². The molecule has 0 radical (unpaired) electrons. The lowest BCUT2D eigenvalue weighted by Gasteiger charge is -2.11. The van der Waals surface area contributed by atoms with E-state index in [1.54, 1.807) is 18.2 Å². The van der Waals surface area contributed by atoms with E-state index in [9.17, 15) is 9.59 Å². The third kappa shape index (κ3) is 4.24. The first-order valence-corrected chi connectivity index (χ1v) is 7.80. The molecule has 0 aliphatic heterocycles. The number of rotatable bonds is 3. The Balaban J connectivity index is 2.08. The van der Waals surface area contributed by atoms with Crippen LogP contribution in [-0.2, 0) is 0 Å². The number of amides is 2. The SMILES string of the molecule is COc1cc(Cl)ccc1C(=O)NNC(=O)c1ccc(Br)cc1C. The third-order valence-corrected chi connectivity index (χ3v) is 3.86. The molecule has 0 spiro atoms. The van der Waals surface area contributed by atoms with Crippen molar-refractivity contribution in [1.29, 1.82) is 0 Å². The van der Waals surface area contributed by atoms with Crippen LogP contribution in [0.25, 0.3) is 0 Å². The molecule has 0 saturated heterocycles. The highest BCUT2D eigenvalue weighted by atomic mass is 79.9. The van der Waals surface area contributed by atoms with Gasteiger partial charge in [-0.3, -0.25) is 20.4 Å². The standard InChI is InChI=1S/C16H14BrClN2O3/c1-9-7-10(17)3-5-12(9)15(21)19-20-16(22)13-6-4-11(18)8-14(13)23-2/h3-8H,1-2H3,(H,19,21)(H,20,22). The molecule has 5 nitrogen and oxygen atoms in total. The number of ether oxygens (including phenoxy) is 1. The van der Waals surface area contributed by atoms with Gasteiger partial charge in [-0.25, -0.2) is 0 Å². The van der Waals surface area contributed by atoms with Crippen molar-refractivity contribution in [2.24, 2.45) is 0 Å². The van der Waals surface area contributed by atoms with E-state index in [1.165, 1.54) is 19.2 Å². The first-order chi connectivity index (χ1) is 10.9. The zero-order chi connectivity index (χ0) is 17.0. The first kappa shape index (κ1) is 17.3. The Hall–Kier alpha value is -2.05. The zero-order valence-electron chi connectivity index (χ0n) is 12.4. The lowest BCUT2D eigenvalue weighted by atomic mass is 10.1. The topological polar surface area (TPSA) is 67.4 Å². The van der Waals surface area contributed by atoms with Gasteiger partial charge in [-0.15, -0.1) is 0 Å².